The summed E-state index contributed by atoms with van der Waals surface area (Å²) in [4.78, 5) is 37.3. The number of aliphatic hydroxyl groups excluding tert-OH is 1. The average molecular weight is 326 g/mol. The standard InChI is InChI=1S/C14H16ClN3O4/c1-2-18-10-4-3-8(15)7-9(10)11(14(18)22)17-13(21)12(20)16-5-6-19/h3-4,7,11,19H,2,5-6H2,1H3,(H,16,20)(H,17,21)/t11-/m0/s1. The van der Waals surface area contributed by atoms with Crippen molar-refractivity contribution in [1.29, 1.82) is 0 Å². The Labute approximate surface area is 132 Å². The molecule has 0 unspecified atom stereocenters. The van der Waals surface area contributed by atoms with E-state index in [9.17, 15) is 14.4 Å². The van der Waals surface area contributed by atoms with Crippen molar-refractivity contribution in [2.45, 2.75) is 13.0 Å². The van der Waals surface area contributed by atoms with Gasteiger partial charge in [-0.1, -0.05) is 11.6 Å². The Morgan fingerprint density at radius 2 is 2.09 bits per heavy atom. The van der Waals surface area contributed by atoms with Crippen LogP contribution in [0.2, 0.25) is 5.02 Å². The molecule has 8 heteroatoms. The zero-order valence-corrected chi connectivity index (χ0v) is 12.7. The van der Waals surface area contributed by atoms with Crippen molar-refractivity contribution < 1.29 is 19.5 Å². The largest absolute Gasteiger partial charge is 0.395 e. The summed E-state index contributed by atoms with van der Waals surface area (Å²) in [6.07, 6.45) is 0. The Morgan fingerprint density at radius 1 is 1.36 bits per heavy atom. The summed E-state index contributed by atoms with van der Waals surface area (Å²) < 4.78 is 0. The zero-order valence-electron chi connectivity index (χ0n) is 11.9. The van der Waals surface area contributed by atoms with Gasteiger partial charge in [0, 0.05) is 29.4 Å². The molecule has 7 nitrogen and oxygen atoms in total. The topological polar surface area (TPSA) is 98.7 Å². The molecular formula is C14H16ClN3O4. The Morgan fingerprint density at radius 3 is 2.73 bits per heavy atom. The van der Waals surface area contributed by atoms with Crippen LogP contribution in [0.3, 0.4) is 0 Å². The molecule has 1 atom stereocenters. The fourth-order valence-corrected chi connectivity index (χ4v) is 2.50. The second-order valence-corrected chi connectivity index (χ2v) is 5.11. The van der Waals surface area contributed by atoms with Gasteiger partial charge in [-0.05, 0) is 25.1 Å². The molecule has 118 valence electrons. The van der Waals surface area contributed by atoms with Crippen molar-refractivity contribution in [3.05, 3.63) is 28.8 Å². The Hall–Kier alpha value is -2.12. The summed E-state index contributed by atoms with van der Waals surface area (Å²) in [6.45, 7) is 1.95. The number of fused-ring (bicyclic) bond motifs is 1. The maximum Gasteiger partial charge on any atom is 0.310 e. The highest BCUT2D eigenvalue weighted by molar-refractivity contribution is 6.35. The van der Waals surface area contributed by atoms with Gasteiger partial charge in [0.2, 0.25) is 0 Å². The van der Waals surface area contributed by atoms with Crippen LogP contribution in [0.4, 0.5) is 5.69 Å². The molecule has 0 fully saturated rings. The SMILES string of the molecule is CCN1C(=O)[C@@H](NC(=O)C(=O)NCCO)c2cc(Cl)ccc21. The highest BCUT2D eigenvalue weighted by Gasteiger charge is 2.38. The maximum absolute atomic E-state index is 12.4. The Kier molecular flexibility index (Phi) is 4.99. The van der Waals surface area contributed by atoms with E-state index in [1.807, 2.05) is 6.92 Å². The first-order valence-electron chi connectivity index (χ1n) is 6.80. The number of anilines is 1. The van der Waals surface area contributed by atoms with Gasteiger partial charge in [-0.3, -0.25) is 14.4 Å². The van der Waals surface area contributed by atoms with Gasteiger partial charge in [0.25, 0.3) is 5.91 Å². The number of hydrogen-bond acceptors (Lipinski definition) is 4. The fourth-order valence-electron chi connectivity index (χ4n) is 2.32. The summed E-state index contributed by atoms with van der Waals surface area (Å²) in [6, 6.07) is 4.02. The molecule has 3 N–H and O–H groups in total. The van der Waals surface area contributed by atoms with Crippen molar-refractivity contribution in [1.82, 2.24) is 10.6 Å². The van der Waals surface area contributed by atoms with Gasteiger partial charge in [0.15, 0.2) is 0 Å². The van der Waals surface area contributed by atoms with E-state index in [1.165, 1.54) is 4.90 Å². The molecule has 0 saturated heterocycles. The number of nitrogens with zero attached hydrogens (tertiary/aromatic N) is 1. The number of benzene rings is 1. The molecule has 0 radical (unpaired) electrons. The first kappa shape index (κ1) is 16.3. The molecule has 3 amide bonds. The van der Waals surface area contributed by atoms with E-state index in [1.54, 1.807) is 18.2 Å². The van der Waals surface area contributed by atoms with Gasteiger partial charge in [-0.25, -0.2) is 0 Å². The van der Waals surface area contributed by atoms with Crippen molar-refractivity contribution >= 4 is 35.0 Å². The number of aliphatic hydroxyl groups is 1. The van der Waals surface area contributed by atoms with E-state index in [4.69, 9.17) is 16.7 Å². The lowest BCUT2D eigenvalue weighted by atomic mass is 10.1. The van der Waals surface area contributed by atoms with E-state index in [-0.39, 0.29) is 19.1 Å². The highest BCUT2D eigenvalue weighted by Crippen LogP contribution is 2.37. The summed E-state index contributed by atoms with van der Waals surface area (Å²) in [5.41, 5.74) is 1.22. The van der Waals surface area contributed by atoms with E-state index >= 15 is 0 Å². The number of hydrogen-bond donors (Lipinski definition) is 3. The van der Waals surface area contributed by atoms with Gasteiger partial charge in [0.05, 0.1) is 6.61 Å². The van der Waals surface area contributed by atoms with Crippen LogP contribution in [0.25, 0.3) is 0 Å². The summed E-state index contributed by atoms with van der Waals surface area (Å²) in [5, 5.41) is 13.7. The summed E-state index contributed by atoms with van der Waals surface area (Å²) >= 11 is 5.95. The van der Waals surface area contributed by atoms with Crippen LogP contribution in [-0.2, 0) is 14.4 Å². The molecule has 1 aromatic carbocycles. The lowest BCUT2D eigenvalue weighted by molar-refractivity contribution is -0.140. The quantitative estimate of drug-likeness (QED) is 0.677. The van der Waals surface area contributed by atoms with Crippen LogP contribution in [-0.4, -0.2) is 42.5 Å². The van der Waals surface area contributed by atoms with Gasteiger partial charge in [-0.2, -0.15) is 0 Å². The predicted molar refractivity (Wildman–Crippen MR) is 80.5 cm³/mol. The van der Waals surface area contributed by atoms with E-state index in [0.29, 0.717) is 22.8 Å². The third-order valence-corrected chi connectivity index (χ3v) is 3.53. The number of carbonyl (C=O) groups excluding carboxylic acids is 3. The van der Waals surface area contributed by atoms with E-state index in [2.05, 4.69) is 10.6 Å². The molecule has 1 heterocycles. The lowest BCUT2D eigenvalue weighted by Crippen LogP contribution is -2.45. The van der Waals surface area contributed by atoms with Crippen LogP contribution in [0.1, 0.15) is 18.5 Å². The first-order chi connectivity index (χ1) is 10.5. The number of amides is 3. The lowest BCUT2D eigenvalue weighted by Gasteiger charge is -2.15. The molecule has 0 saturated carbocycles. The second-order valence-electron chi connectivity index (χ2n) is 4.67. The molecule has 22 heavy (non-hydrogen) atoms. The number of rotatable bonds is 4. The zero-order chi connectivity index (χ0) is 16.3. The van der Waals surface area contributed by atoms with Gasteiger partial charge in [-0.15, -0.1) is 0 Å². The minimum Gasteiger partial charge on any atom is -0.395 e. The minimum absolute atomic E-state index is 0.0334. The van der Waals surface area contributed by atoms with Crippen LogP contribution >= 0.6 is 11.6 Å². The number of halogens is 1. The molecule has 1 aliphatic heterocycles. The van der Waals surface area contributed by atoms with Crippen LogP contribution in [0.5, 0.6) is 0 Å². The summed E-state index contributed by atoms with van der Waals surface area (Å²) in [5.74, 6) is -2.15. The van der Waals surface area contributed by atoms with Gasteiger partial charge in [0.1, 0.15) is 6.04 Å². The van der Waals surface area contributed by atoms with Crippen LogP contribution < -0.4 is 15.5 Å². The number of likely N-dealkylation sites (N-methyl/N-ethyl adjacent to an activating group) is 1. The smallest absolute Gasteiger partial charge is 0.310 e. The Balaban J connectivity index is 2.21. The fraction of sp³-hybridized carbons (Fsp3) is 0.357. The van der Waals surface area contributed by atoms with Crippen molar-refractivity contribution in [3.8, 4) is 0 Å². The predicted octanol–water partition coefficient (Wildman–Crippen LogP) is -0.0277. The van der Waals surface area contributed by atoms with Gasteiger partial charge < -0.3 is 20.6 Å². The molecule has 0 spiro atoms. The number of carbonyl (C=O) groups is 3. The van der Waals surface area contributed by atoms with Crippen molar-refractivity contribution in [2.24, 2.45) is 0 Å². The monoisotopic (exact) mass is 325 g/mol. The van der Waals surface area contributed by atoms with Crippen LogP contribution in [0.15, 0.2) is 18.2 Å². The second kappa shape index (κ2) is 6.76. The molecular weight excluding hydrogens is 310 g/mol. The minimum atomic E-state index is -0.943. The molecule has 0 bridgehead atoms. The first-order valence-corrected chi connectivity index (χ1v) is 7.17. The third kappa shape index (κ3) is 3.05. The highest BCUT2D eigenvalue weighted by atomic mass is 35.5. The number of nitrogens with one attached hydrogen (secondary N) is 2. The van der Waals surface area contributed by atoms with Crippen molar-refractivity contribution in [2.75, 3.05) is 24.6 Å². The normalized spacial score (nSPS) is 16.4. The van der Waals surface area contributed by atoms with E-state index < -0.39 is 17.9 Å². The molecule has 2 rings (SSSR count). The Bertz CT molecular complexity index is 620. The average Bonchev–Trinajstić information content (AvgIpc) is 2.76. The third-order valence-electron chi connectivity index (χ3n) is 3.30. The maximum atomic E-state index is 12.4. The van der Waals surface area contributed by atoms with E-state index in [0.717, 1.165) is 0 Å². The summed E-state index contributed by atoms with van der Waals surface area (Å²) in [7, 11) is 0. The molecule has 1 aliphatic rings. The van der Waals surface area contributed by atoms with Gasteiger partial charge >= 0.3 is 11.8 Å². The molecule has 0 aromatic heterocycles. The molecule has 1 aromatic rings. The molecule has 0 aliphatic carbocycles. The van der Waals surface area contributed by atoms with Crippen molar-refractivity contribution in [3.63, 3.8) is 0 Å². The van der Waals surface area contributed by atoms with Crippen LogP contribution in [0, 0.1) is 0 Å².